The summed E-state index contributed by atoms with van der Waals surface area (Å²) in [5.74, 6) is 0.335. The quantitative estimate of drug-likeness (QED) is 0.182. The van der Waals surface area contributed by atoms with E-state index in [0.29, 0.717) is 19.3 Å². The van der Waals surface area contributed by atoms with Crippen molar-refractivity contribution < 1.29 is 24.5 Å². The number of rotatable bonds is 7. The van der Waals surface area contributed by atoms with E-state index in [-0.39, 0.29) is 47.1 Å². The van der Waals surface area contributed by atoms with E-state index in [1.54, 1.807) is 0 Å². The van der Waals surface area contributed by atoms with Crippen molar-refractivity contribution in [2.45, 2.75) is 106 Å². The van der Waals surface area contributed by atoms with E-state index in [9.17, 15) is 19.8 Å². The maximum Gasteiger partial charge on any atom is 0.303 e. The molecule has 0 bridgehead atoms. The number of Topliss-reactive ketones (excluding diaryl/α,β-unsaturated/α-hetero) is 1. The molecule has 0 saturated heterocycles. The molecule has 3 aliphatic carbocycles. The molecule has 3 aliphatic rings. The van der Waals surface area contributed by atoms with Crippen molar-refractivity contribution in [3.63, 3.8) is 0 Å². The van der Waals surface area contributed by atoms with Gasteiger partial charge in [-0.3, -0.25) is 9.59 Å². The van der Waals surface area contributed by atoms with Crippen LogP contribution >= 0.6 is 0 Å². The Morgan fingerprint density at radius 3 is 2.35 bits per heavy atom. The van der Waals surface area contributed by atoms with Gasteiger partial charge < -0.3 is 14.9 Å². The molecule has 0 unspecified atom stereocenters. The minimum atomic E-state index is -0.523. The van der Waals surface area contributed by atoms with Crippen LogP contribution in [0.25, 0.3) is 0 Å². The summed E-state index contributed by atoms with van der Waals surface area (Å²) in [4.78, 5) is 25.1. The van der Waals surface area contributed by atoms with Crippen LogP contribution in [-0.2, 0) is 14.3 Å². The number of esters is 1. The summed E-state index contributed by atoms with van der Waals surface area (Å²) in [5, 5.41) is 21.1. The Kier molecular flexibility index (Phi) is 8.81. The molecule has 0 amide bonds. The highest BCUT2D eigenvalue weighted by Gasteiger charge is 2.65. The van der Waals surface area contributed by atoms with Crippen LogP contribution in [0.5, 0.6) is 0 Å². The molecule has 3 fully saturated rings. The van der Waals surface area contributed by atoms with Crippen LogP contribution in [0.4, 0.5) is 0 Å². The Morgan fingerprint density at radius 1 is 1.08 bits per heavy atom. The molecule has 5 nitrogen and oxygen atoms in total. The van der Waals surface area contributed by atoms with Crippen molar-refractivity contribution in [2.24, 2.45) is 28.1 Å². The average molecular weight is 513 g/mol. The molecule has 0 radical (unpaired) electrons. The maximum atomic E-state index is 13.5. The first kappa shape index (κ1) is 29.6. The summed E-state index contributed by atoms with van der Waals surface area (Å²) < 4.78 is 5.53. The second kappa shape index (κ2) is 11.0. The van der Waals surface area contributed by atoms with Crippen LogP contribution < -0.4 is 0 Å². The second-order valence-electron chi connectivity index (χ2n) is 12.9. The highest BCUT2D eigenvalue weighted by molar-refractivity contribution is 6.00. The number of carbonyl (C=O) groups is 2. The Morgan fingerprint density at radius 2 is 1.76 bits per heavy atom. The largest absolute Gasteiger partial charge is 0.458 e. The number of hydrogen-bond donors (Lipinski definition) is 2. The lowest BCUT2D eigenvalue weighted by Gasteiger charge is -2.62. The third-order valence-corrected chi connectivity index (χ3v) is 10.1. The Labute approximate surface area is 223 Å². The summed E-state index contributed by atoms with van der Waals surface area (Å²) in [5.41, 5.74) is 3.25. The van der Waals surface area contributed by atoms with Crippen LogP contribution in [0, 0.1) is 28.1 Å². The summed E-state index contributed by atoms with van der Waals surface area (Å²) in [6.07, 6.45) is 11.7. The minimum absolute atomic E-state index is 0.0239. The van der Waals surface area contributed by atoms with E-state index in [0.717, 1.165) is 36.0 Å². The molecule has 3 saturated carbocycles. The molecule has 0 aromatic heterocycles. The molecule has 0 spiro atoms. The van der Waals surface area contributed by atoms with E-state index >= 15 is 0 Å². The molecule has 0 aromatic rings. The fraction of sp³-hybridized carbons (Fsp3) is 0.688. The van der Waals surface area contributed by atoms with Gasteiger partial charge in [0.25, 0.3) is 0 Å². The molecule has 3 rings (SSSR count). The molecule has 0 heterocycles. The molecule has 206 valence electrons. The number of fused-ring (bicyclic) bond motifs is 3. The van der Waals surface area contributed by atoms with Crippen molar-refractivity contribution in [1.82, 2.24) is 0 Å². The first-order chi connectivity index (χ1) is 17.2. The zero-order valence-electron chi connectivity index (χ0n) is 24.2. The summed E-state index contributed by atoms with van der Waals surface area (Å²) >= 11 is 0. The zero-order chi connectivity index (χ0) is 27.8. The Bertz CT molecular complexity index is 1030. The summed E-state index contributed by atoms with van der Waals surface area (Å²) in [6.45, 7) is 16.0. The molecule has 7 atom stereocenters. The van der Waals surface area contributed by atoms with Crippen molar-refractivity contribution >= 4 is 11.8 Å². The highest BCUT2D eigenvalue weighted by atomic mass is 16.5. The minimum Gasteiger partial charge on any atom is -0.458 e. The van der Waals surface area contributed by atoms with E-state index in [2.05, 4.69) is 19.9 Å². The number of carbonyl (C=O) groups excluding carboxylic acids is 2. The zero-order valence-corrected chi connectivity index (χ0v) is 24.2. The lowest BCUT2D eigenvalue weighted by atomic mass is 9.43. The van der Waals surface area contributed by atoms with Crippen LogP contribution in [0.3, 0.4) is 0 Å². The number of aliphatic hydroxyl groups is 2. The van der Waals surface area contributed by atoms with Crippen molar-refractivity contribution in [3.8, 4) is 0 Å². The normalized spacial score (nSPS) is 38.2. The van der Waals surface area contributed by atoms with Gasteiger partial charge in [0.15, 0.2) is 5.78 Å². The summed E-state index contributed by atoms with van der Waals surface area (Å²) in [7, 11) is 0. The molecule has 37 heavy (non-hydrogen) atoms. The summed E-state index contributed by atoms with van der Waals surface area (Å²) in [6, 6.07) is 0. The molecular formula is C32H48O5. The van der Waals surface area contributed by atoms with Gasteiger partial charge in [0.1, 0.15) is 6.10 Å². The lowest BCUT2D eigenvalue weighted by Crippen LogP contribution is -2.59. The third kappa shape index (κ3) is 5.45. The van der Waals surface area contributed by atoms with Crippen LogP contribution in [0.15, 0.2) is 46.6 Å². The number of aliphatic hydroxyl groups excluding tert-OH is 2. The van der Waals surface area contributed by atoms with Gasteiger partial charge in [-0.15, -0.1) is 0 Å². The first-order valence-electron chi connectivity index (χ1n) is 13.9. The SMILES string of the molecule is CC(=O)O[C@@H](CC=C(C)C)/C(C)=C/C=C\C(C)=C1/C(=O)C[C@H]2[C@@]3(C)CC[C@@H](O)[C@](C)(CO)[C@@H]3CC[C@]12C. The van der Waals surface area contributed by atoms with E-state index in [1.807, 2.05) is 52.8 Å². The molecule has 0 aromatic carbocycles. The number of ether oxygens (including phenoxy) is 1. The van der Waals surface area contributed by atoms with Crippen LogP contribution in [-0.4, -0.2) is 40.8 Å². The monoisotopic (exact) mass is 512 g/mol. The van der Waals surface area contributed by atoms with Crippen molar-refractivity contribution in [1.29, 1.82) is 0 Å². The van der Waals surface area contributed by atoms with Crippen molar-refractivity contribution in [3.05, 3.63) is 46.6 Å². The number of allylic oxidation sites excluding steroid dienone is 6. The Hall–Kier alpha value is -1.98. The van der Waals surface area contributed by atoms with Gasteiger partial charge in [-0.25, -0.2) is 0 Å². The van der Waals surface area contributed by atoms with Gasteiger partial charge in [-0.05, 0) is 81.8 Å². The molecular weight excluding hydrogens is 464 g/mol. The van der Waals surface area contributed by atoms with Gasteiger partial charge in [0.2, 0.25) is 0 Å². The fourth-order valence-electron chi connectivity index (χ4n) is 8.01. The van der Waals surface area contributed by atoms with Gasteiger partial charge in [-0.2, -0.15) is 0 Å². The Balaban J connectivity index is 1.89. The fourth-order valence-corrected chi connectivity index (χ4v) is 8.01. The second-order valence-corrected chi connectivity index (χ2v) is 12.9. The van der Waals surface area contributed by atoms with Crippen LogP contribution in [0.2, 0.25) is 0 Å². The topological polar surface area (TPSA) is 83.8 Å². The van der Waals surface area contributed by atoms with Crippen molar-refractivity contribution in [2.75, 3.05) is 6.61 Å². The standard InChI is InChI=1S/C32H48O5/c1-20(2)12-13-25(37-23(5)34)21(3)10-9-11-22(4)29-24(35)18-27-30(6)17-15-28(36)32(8,19-33)26(30)14-16-31(27,29)7/h9-12,25-28,33,36H,13-19H2,1-8H3/b11-9-,21-10+,29-22+/t25-,26+,27-,28+,30-,31-,32+/m0/s1. The number of hydrogen-bond acceptors (Lipinski definition) is 5. The van der Waals surface area contributed by atoms with E-state index in [1.165, 1.54) is 12.5 Å². The molecule has 0 aliphatic heterocycles. The predicted molar refractivity (Wildman–Crippen MR) is 148 cm³/mol. The van der Waals surface area contributed by atoms with E-state index < -0.39 is 11.5 Å². The van der Waals surface area contributed by atoms with E-state index in [4.69, 9.17) is 4.74 Å². The predicted octanol–water partition coefficient (Wildman–Crippen LogP) is 6.26. The smallest absolute Gasteiger partial charge is 0.303 e. The first-order valence-corrected chi connectivity index (χ1v) is 13.9. The van der Waals surface area contributed by atoms with Gasteiger partial charge >= 0.3 is 5.97 Å². The average Bonchev–Trinajstić information content (AvgIpc) is 3.10. The molecule has 2 N–H and O–H groups in total. The maximum absolute atomic E-state index is 13.5. The molecule has 5 heteroatoms. The lowest BCUT2D eigenvalue weighted by molar-refractivity contribution is -0.178. The highest BCUT2D eigenvalue weighted by Crippen LogP contribution is 2.69. The van der Waals surface area contributed by atoms with Gasteiger partial charge in [0.05, 0.1) is 12.7 Å². The van der Waals surface area contributed by atoms with Gasteiger partial charge in [-0.1, -0.05) is 50.6 Å². The van der Waals surface area contributed by atoms with Crippen LogP contribution in [0.1, 0.15) is 93.9 Å². The third-order valence-electron chi connectivity index (χ3n) is 10.1. The number of ketones is 1. The van der Waals surface area contributed by atoms with Gasteiger partial charge in [0, 0.05) is 36.2 Å².